The van der Waals surface area contributed by atoms with Crippen molar-refractivity contribution in [2.45, 2.75) is 6.54 Å². The largest absolute Gasteiger partial charge is 0.322 e. The topological polar surface area (TPSA) is 66.5 Å². The van der Waals surface area contributed by atoms with Gasteiger partial charge in [-0.2, -0.15) is 0 Å². The number of amides is 1. The number of hydrogen-bond acceptors (Lipinski definition) is 3. The minimum atomic E-state index is -3.58. The Morgan fingerprint density at radius 2 is 1.69 bits per heavy atom. The van der Waals surface area contributed by atoms with E-state index < -0.39 is 10.0 Å². The van der Waals surface area contributed by atoms with Crippen LogP contribution in [0.25, 0.3) is 0 Å². The number of nitrogens with one attached hydrogen (secondary N) is 1. The summed E-state index contributed by atoms with van der Waals surface area (Å²) in [5.41, 5.74) is 2.09. The second-order valence-corrected chi connectivity index (χ2v) is 9.23. The molecule has 0 aliphatic heterocycles. The normalized spacial score (nSPS) is 11.1. The molecule has 1 N–H and O–H groups in total. The summed E-state index contributed by atoms with van der Waals surface area (Å²) in [7, 11) is -3.58. The third-order valence-corrected chi connectivity index (χ3v) is 5.77. The Bertz CT molecular complexity index is 1120. The Morgan fingerprint density at radius 3 is 2.28 bits per heavy atom. The molecule has 3 rings (SSSR count). The molecule has 0 aliphatic rings. The van der Waals surface area contributed by atoms with Crippen molar-refractivity contribution in [2.75, 3.05) is 15.9 Å². The van der Waals surface area contributed by atoms with Gasteiger partial charge in [0.25, 0.3) is 5.91 Å². The number of sulfonamides is 1. The van der Waals surface area contributed by atoms with Crippen molar-refractivity contribution in [2.24, 2.45) is 0 Å². The standard InChI is InChI=1S/C21H18BrFN2O3S/c1-29(27,28)25(14-15-5-9-18(23)10-6-15)20-11-7-16(8-12-20)21(26)24-19-4-2-3-17(22)13-19/h2-13H,14H2,1H3,(H,24,26). The van der Waals surface area contributed by atoms with Crippen molar-refractivity contribution in [3.8, 4) is 0 Å². The molecule has 0 aliphatic carbocycles. The van der Waals surface area contributed by atoms with Gasteiger partial charge < -0.3 is 5.32 Å². The lowest BCUT2D eigenvalue weighted by Gasteiger charge is -2.22. The molecule has 0 aromatic heterocycles. The summed E-state index contributed by atoms with van der Waals surface area (Å²) in [6.45, 7) is 0.0582. The smallest absolute Gasteiger partial charge is 0.255 e. The van der Waals surface area contributed by atoms with Crippen molar-refractivity contribution in [3.63, 3.8) is 0 Å². The monoisotopic (exact) mass is 476 g/mol. The van der Waals surface area contributed by atoms with Gasteiger partial charge in [0.15, 0.2) is 0 Å². The first-order valence-electron chi connectivity index (χ1n) is 8.61. The van der Waals surface area contributed by atoms with Crippen LogP contribution in [0.3, 0.4) is 0 Å². The molecule has 0 bridgehead atoms. The quantitative estimate of drug-likeness (QED) is 0.555. The molecule has 0 heterocycles. The number of hydrogen-bond donors (Lipinski definition) is 1. The van der Waals surface area contributed by atoms with Crippen LogP contribution in [0.1, 0.15) is 15.9 Å². The number of nitrogens with zero attached hydrogens (tertiary/aromatic N) is 1. The zero-order valence-electron chi connectivity index (χ0n) is 15.5. The van der Waals surface area contributed by atoms with Crippen molar-refractivity contribution < 1.29 is 17.6 Å². The summed E-state index contributed by atoms with van der Waals surface area (Å²) < 4.78 is 39.7. The highest BCUT2D eigenvalue weighted by Gasteiger charge is 2.18. The zero-order valence-corrected chi connectivity index (χ0v) is 17.9. The Morgan fingerprint density at radius 1 is 1.03 bits per heavy atom. The number of carbonyl (C=O) groups is 1. The second kappa shape index (κ2) is 8.75. The van der Waals surface area contributed by atoms with E-state index in [1.54, 1.807) is 36.4 Å². The fourth-order valence-corrected chi connectivity index (χ4v) is 3.99. The first kappa shape index (κ1) is 21.0. The minimum Gasteiger partial charge on any atom is -0.322 e. The predicted octanol–water partition coefficient (Wildman–Crippen LogP) is 4.81. The molecule has 0 fully saturated rings. The van der Waals surface area contributed by atoms with Gasteiger partial charge in [0, 0.05) is 15.7 Å². The van der Waals surface area contributed by atoms with Crippen LogP contribution in [-0.4, -0.2) is 20.6 Å². The molecular weight excluding hydrogens is 459 g/mol. The molecular formula is C21H18BrFN2O3S. The Hall–Kier alpha value is -2.71. The third kappa shape index (κ3) is 5.65. The van der Waals surface area contributed by atoms with E-state index in [4.69, 9.17) is 0 Å². The van der Waals surface area contributed by atoms with E-state index in [9.17, 15) is 17.6 Å². The molecule has 29 heavy (non-hydrogen) atoms. The maximum absolute atomic E-state index is 13.1. The van der Waals surface area contributed by atoms with E-state index in [0.29, 0.717) is 22.5 Å². The molecule has 0 atom stereocenters. The van der Waals surface area contributed by atoms with E-state index in [0.717, 1.165) is 10.7 Å². The number of carbonyl (C=O) groups excluding carboxylic acids is 1. The van der Waals surface area contributed by atoms with Crippen molar-refractivity contribution in [3.05, 3.63) is 94.2 Å². The third-order valence-electron chi connectivity index (χ3n) is 4.14. The van der Waals surface area contributed by atoms with E-state index in [-0.39, 0.29) is 18.3 Å². The van der Waals surface area contributed by atoms with Crippen molar-refractivity contribution in [1.29, 1.82) is 0 Å². The fraction of sp³-hybridized carbons (Fsp3) is 0.0952. The highest BCUT2D eigenvalue weighted by atomic mass is 79.9. The SMILES string of the molecule is CS(=O)(=O)N(Cc1ccc(F)cc1)c1ccc(C(=O)Nc2cccc(Br)c2)cc1. The van der Waals surface area contributed by atoms with Crippen molar-refractivity contribution >= 4 is 43.2 Å². The summed E-state index contributed by atoms with van der Waals surface area (Å²) in [5, 5.41) is 2.79. The number of rotatable bonds is 6. The highest BCUT2D eigenvalue weighted by molar-refractivity contribution is 9.10. The number of benzene rings is 3. The summed E-state index contributed by atoms with van der Waals surface area (Å²) in [6.07, 6.45) is 1.10. The van der Waals surface area contributed by atoms with Crippen LogP contribution < -0.4 is 9.62 Å². The summed E-state index contributed by atoms with van der Waals surface area (Å²) in [6, 6.07) is 19.1. The molecule has 0 unspecified atom stereocenters. The fourth-order valence-electron chi connectivity index (χ4n) is 2.70. The van der Waals surface area contributed by atoms with E-state index in [1.165, 1.54) is 28.6 Å². The minimum absolute atomic E-state index is 0.0582. The maximum Gasteiger partial charge on any atom is 0.255 e. The van der Waals surface area contributed by atoms with E-state index >= 15 is 0 Å². The van der Waals surface area contributed by atoms with Gasteiger partial charge in [0.1, 0.15) is 5.82 Å². The van der Waals surface area contributed by atoms with Crippen LogP contribution in [0, 0.1) is 5.82 Å². The first-order valence-corrected chi connectivity index (χ1v) is 11.3. The Balaban J connectivity index is 1.80. The predicted molar refractivity (Wildman–Crippen MR) is 116 cm³/mol. The van der Waals surface area contributed by atoms with Gasteiger partial charge in [-0.15, -0.1) is 0 Å². The van der Waals surface area contributed by atoms with Crippen LogP contribution in [0.4, 0.5) is 15.8 Å². The van der Waals surface area contributed by atoms with Crippen LogP contribution in [-0.2, 0) is 16.6 Å². The molecule has 3 aromatic carbocycles. The number of anilines is 2. The van der Waals surface area contributed by atoms with Gasteiger partial charge in [0.05, 0.1) is 18.5 Å². The van der Waals surface area contributed by atoms with Crippen LogP contribution in [0.2, 0.25) is 0 Å². The van der Waals surface area contributed by atoms with E-state index in [2.05, 4.69) is 21.2 Å². The average molecular weight is 477 g/mol. The molecule has 1 amide bonds. The number of halogens is 2. The lowest BCUT2D eigenvalue weighted by Crippen LogP contribution is -2.29. The van der Waals surface area contributed by atoms with Gasteiger partial charge in [-0.05, 0) is 60.2 Å². The Labute approximate surface area is 177 Å². The van der Waals surface area contributed by atoms with Gasteiger partial charge in [-0.3, -0.25) is 9.10 Å². The van der Waals surface area contributed by atoms with Gasteiger partial charge >= 0.3 is 0 Å². The molecule has 0 saturated heterocycles. The van der Waals surface area contributed by atoms with Crippen LogP contribution in [0.5, 0.6) is 0 Å². The zero-order chi connectivity index (χ0) is 21.0. The van der Waals surface area contributed by atoms with Crippen LogP contribution in [0.15, 0.2) is 77.3 Å². The molecule has 0 radical (unpaired) electrons. The summed E-state index contributed by atoms with van der Waals surface area (Å²) in [5.74, 6) is -0.695. The van der Waals surface area contributed by atoms with Crippen LogP contribution >= 0.6 is 15.9 Å². The summed E-state index contributed by atoms with van der Waals surface area (Å²) >= 11 is 3.35. The van der Waals surface area contributed by atoms with E-state index in [1.807, 2.05) is 12.1 Å². The summed E-state index contributed by atoms with van der Waals surface area (Å²) in [4.78, 5) is 12.4. The first-order chi connectivity index (χ1) is 13.7. The average Bonchev–Trinajstić information content (AvgIpc) is 2.67. The van der Waals surface area contributed by atoms with Gasteiger partial charge in [-0.25, -0.2) is 12.8 Å². The van der Waals surface area contributed by atoms with Gasteiger partial charge in [0.2, 0.25) is 10.0 Å². The Kier molecular flexibility index (Phi) is 6.34. The lowest BCUT2D eigenvalue weighted by molar-refractivity contribution is 0.102. The highest BCUT2D eigenvalue weighted by Crippen LogP contribution is 2.22. The van der Waals surface area contributed by atoms with Gasteiger partial charge in [-0.1, -0.05) is 34.1 Å². The lowest BCUT2D eigenvalue weighted by atomic mass is 10.1. The molecule has 0 spiro atoms. The molecule has 0 saturated carbocycles. The molecule has 150 valence electrons. The molecule has 8 heteroatoms. The maximum atomic E-state index is 13.1. The molecule has 5 nitrogen and oxygen atoms in total. The van der Waals surface area contributed by atoms with Crippen molar-refractivity contribution in [1.82, 2.24) is 0 Å². The second-order valence-electron chi connectivity index (χ2n) is 6.41. The molecule has 3 aromatic rings.